The third kappa shape index (κ3) is 2.54. The van der Waals surface area contributed by atoms with Crippen LogP contribution in [0.25, 0.3) is 11.4 Å². The normalized spacial score (nSPS) is 17.1. The number of methoxy groups -OCH3 is 1. The van der Waals surface area contributed by atoms with Gasteiger partial charge < -0.3 is 14.3 Å². The average molecular weight is 316 g/mol. The first-order valence-electron chi connectivity index (χ1n) is 7.22. The van der Waals surface area contributed by atoms with E-state index in [-0.39, 0.29) is 0 Å². The van der Waals surface area contributed by atoms with E-state index >= 15 is 0 Å². The summed E-state index contributed by atoms with van der Waals surface area (Å²) in [7, 11) is 1.57. The van der Waals surface area contributed by atoms with Gasteiger partial charge in [-0.1, -0.05) is 19.1 Å². The van der Waals surface area contributed by atoms with Crippen LogP contribution in [-0.2, 0) is 14.3 Å². The lowest BCUT2D eigenvalue weighted by atomic mass is 10.1. The summed E-state index contributed by atoms with van der Waals surface area (Å²) in [5, 5.41) is 0. The fourth-order valence-corrected chi connectivity index (χ4v) is 2.49. The second-order valence-electron chi connectivity index (χ2n) is 5.11. The van der Waals surface area contributed by atoms with Crippen LogP contribution in [0.1, 0.15) is 30.8 Å². The zero-order valence-corrected chi connectivity index (χ0v) is 13.0. The summed E-state index contributed by atoms with van der Waals surface area (Å²) in [6.45, 7) is 3.62. The lowest BCUT2D eigenvalue weighted by molar-refractivity contribution is -0.172. The summed E-state index contributed by atoms with van der Waals surface area (Å²) < 4.78 is 11.6. The molecule has 0 spiro atoms. The topological polar surface area (TPSA) is 79.7 Å². The minimum Gasteiger partial charge on any atom is -0.497 e. The smallest absolute Gasteiger partial charge is 0.442 e. The molecular weight excluding hydrogens is 300 g/mol. The van der Waals surface area contributed by atoms with Gasteiger partial charge in [0.15, 0.2) is 5.82 Å². The van der Waals surface area contributed by atoms with Crippen LogP contribution >= 0.6 is 0 Å². The molecule has 23 heavy (non-hydrogen) atoms. The predicted octanol–water partition coefficient (Wildman–Crippen LogP) is 1.83. The third-order valence-corrected chi connectivity index (χ3v) is 3.69. The number of hydrogen-bond donors (Lipinski definition) is 0. The number of aromatic nitrogens is 2. The molecule has 0 saturated heterocycles. The van der Waals surface area contributed by atoms with Gasteiger partial charge in [-0.15, -0.1) is 0 Å². The van der Waals surface area contributed by atoms with Gasteiger partial charge in [0, 0.05) is 5.56 Å². The zero-order chi connectivity index (χ0) is 16.6. The monoisotopic (exact) mass is 316 g/mol. The van der Waals surface area contributed by atoms with Crippen molar-refractivity contribution in [1.29, 1.82) is 0 Å². The molecule has 7 nitrogen and oxygen atoms in total. The largest absolute Gasteiger partial charge is 0.497 e. The van der Waals surface area contributed by atoms with E-state index in [0.717, 1.165) is 0 Å². The lowest BCUT2D eigenvalue weighted by Gasteiger charge is -2.17. The quantitative estimate of drug-likeness (QED) is 0.635. The summed E-state index contributed by atoms with van der Waals surface area (Å²) in [6, 6.07) is 7.20. The van der Waals surface area contributed by atoms with Crippen LogP contribution in [0.4, 0.5) is 0 Å². The van der Waals surface area contributed by atoms with Crippen molar-refractivity contribution in [3.8, 4) is 17.1 Å². The summed E-state index contributed by atoms with van der Waals surface area (Å²) >= 11 is 0. The molecule has 1 aromatic carbocycles. The summed E-state index contributed by atoms with van der Waals surface area (Å²) in [5.41, 5.74) is 1.90. The molecule has 120 valence electrons. The molecule has 1 aliphatic heterocycles. The van der Waals surface area contributed by atoms with Crippen molar-refractivity contribution >= 4 is 11.9 Å². The standard InChI is InChI=1S/C16H16N2O5/c1-4-12-13-9(2)18(23-16(20)15(19)22-12)14(17-13)10-6-5-7-11(8-10)21-3/h5-8,12H,4H2,1-3H3. The molecule has 0 amide bonds. The van der Waals surface area contributed by atoms with Crippen molar-refractivity contribution < 1.29 is 23.9 Å². The number of carbonyl (C=O) groups excluding carboxylic acids is 2. The van der Waals surface area contributed by atoms with E-state index in [2.05, 4.69) is 4.98 Å². The Hall–Kier alpha value is -2.83. The second kappa shape index (κ2) is 5.75. The number of benzene rings is 1. The van der Waals surface area contributed by atoms with E-state index in [0.29, 0.717) is 34.9 Å². The minimum atomic E-state index is -1.07. The number of nitrogens with zero attached hydrogens (tertiary/aromatic N) is 2. The molecule has 1 unspecified atom stereocenters. The Labute approximate surface area is 132 Å². The number of cyclic esters (lactones) is 1. The Morgan fingerprint density at radius 3 is 2.78 bits per heavy atom. The highest BCUT2D eigenvalue weighted by atomic mass is 16.7. The number of ether oxygens (including phenoxy) is 2. The van der Waals surface area contributed by atoms with E-state index in [1.54, 1.807) is 26.2 Å². The summed E-state index contributed by atoms with van der Waals surface area (Å²) in [6.07, 6.45) is -0.0741. The van der Waals surface area contributed by atoms with E-state index in [4.69, 9.17) is 14.3 Å². The SMILES string of the molecule is CCC1OC(=O)C(=O)On2c(-c3cccc(OC)c3)nc1c2C. The van der Waals surface area contributed by atoms with Gasteiger partial charge in [0.2, 0.25) is 0 Å². The maximum Gasteiger partial charge on any atom is 0.442 e. The van der Waals surface area contributed by atoms with E-state index < -0.39 is 18.0 Å². The van der Waals surface area contributed by atoms with Crippen molar-refractivity contribution in [3.63, 3.8) is 0 Å². The van der Waals surface area contributed by atoms with Crippen LogP contribution in [0.3, 0.4) is 0 Å². The molecule has 0 fully saturated rings. The van der Waals surface area contributed by atoms with Crippen LogP contribution in [0.2, 0.25) is 0 Å². The van der Waals surface area contributed by atoms with Crippen LogP contribution in [0.5, 0.6) is 5.75 Å². The van der Waals surface area contributed by atoms with Crippen LogP contribution in [-0.4, -0.2) is 28.8 Å². The number of hydrogen-bond acceptors (Lipinski definition) is 6. The maximum atomic E-state index is 11.8. The highest BCUT2D eigenvalue weighted by Crippen LogP contribution is 2.31. The average Bonchev–Trinajstić information content (AvgIpc) is 2.90. The Morgan fingerprint density at radius 2 is 2.09 bits per heavy atom. The van der Waals surface area contributed by atoms with Gasteiger partial charge in [-0.05, 0) is 25.5 Å². The first-order chi connectivity index (χ1) is 11.0. The molecule has 1 aromatic heterocycles. The molecule has 1 aliphatic rings. The first kappa shape index (κ1) is 15.1. The van der Waals surface area contributed by atoms with E-state index in [9.17, 15) is 9.59 Å². The number of fused-ring (bicyclic) bond motifs is 2. The Balaban J connectivity index is 2.17. The third-order valence-electron chi connectivity index (χ3n) is 3.69. The Bertz CT molecular complexity index is 781. The molecule has 0 radical (unpaired) electrons. The van der Waals surface area contributed by atoms with Crippen molar-refractivity contribution in [2.24, 2.45) is 0 Å². The molecule has 0 saturated carbocycles. The number of esters is 1. The molecular formula is C16H16N2O5. The van der Waals surface area contributed by atoms with Crippen LogP contribution in [0, 0.1) is 6.92 Å². The summed E-state index contributed by atoms with van der Waals surface area (Å²) in [4.78, 5) is 33.2. The predicted molar refractivity (Wildman–Crippen MR) is 79.7 cm³/mol. The van der Waals surface area contributed by atoms with Gasteiger partial charge in [0.1, 0.15) is 17.5 Å². The molecule has 2 aromatic rings. The number of imidazole rings is 1. The van der Waals surface area contributed by atoms with E-state index in [1.165, 1.54) is 4.73 Å². The molecule has 0 aliphatic carbocycles. The summed E-state index contributed by atoms with van der Waals surface area (Å²) in [5.74, 6) is -1.02. The van der Waals surface area contributed by atoms with Gasteiger partial charge in [0.25, 0.3) is 0 Å². The van der Waals surface area contributed by atoms with Crippen LogP contribution in [0.15, 0.2) is 24.3 Å². The highest BCUT2D eigenvalue weighted by molar-refractivity contribution is 6.30. The Kier molecular flexibility index (Phi) is 3.77. The highest BCUT2D eigenvalue weighted by Gasteiger charge is 2.33. The van der Waals surface area contributed by atoms with Crippen molar-refractivity contribution in [1.82, 2.24) is 9.71 Å². The zero-order valence-electron chi connectivity index (χ0n) is 13.0. The fraction of sp³-hybridized carbons (Fsp3) is 0.312. The second-order valence-corrected chi connectivity index (χ2v) is 5.11. The van der Waals surface area contributed by atoms with Gasteiger partial charge in [-0.25, -0.2) is 14.6 Å². The molecule has 2 bridgehead atoms. The van der Waals surface area contributed by atoms with Crippen molar-refractivity contribution in [2.75, 3.05) is 7.11 Å². The van der Waals surface area contributed by atoms with Gasteiger partial charge in [-0.3, -0.25) is 0 Å². The van der Waals surface area contributed by atoms with Crippen LogP contribution < -0.4 is 9.57 Å². The van der Waals surface area contributed by atoms with Crippen molar-refractivity contribution in [3.05, 3.63) is 35.7 Å². The number of rotatable bonds is 3. The Morgan fingerprint density at radius 1 is 1.30 bits per heavy atom. The van der Waals surface area contributed by atoms with Gasteiger partial charge in [0.05, 0.1) is 12.8 Å². The first-order valence-corrected chi connectivity index (χ1v) is 7.22. The van der Waals surface area contributed by atoms with E-state index in [1.807, 2.05) is 19.1 Å². The molecule has 2 heterocycles. The maximum absolute atomic E-state index is 11.8. The lowest BCUT2D eigenvalue weighted by Crippen LogP contribution is -2.32. The molecule has 7 heteroatoms. The van der Waals surface area contributed by atoms with Gasteiger partial charge in [-0.2, -0.15) is 4.73 Å². The minimum absolute atomic E-state index is 0.418. The molecule has 0 N–H and O–H groups in total. The molecule has 1 atom stereocenters. The van der Waals surface area contributed by atoms with Crippen molar-refractivity contribution in [2.45, 2.75) is 26.4 Å². The van der Waals surface area contributed by atoms with Gasteiger partial charge >= 0.3 is 11.9 Å². The fourth-order valence-electron chi connectivity index (χ4n) is 2.49. The number of carbonyl (C=O) groups is 2. The molecule has 3 rings (SSSR count).